The third-order valence-corrected chi connectivity index (χ3v) is 11.8. The summed E-state index contributed by atoms with van der Waals surface area (Å²) >= 11 is 0. The van der Waals surface area contributed by atoms with Gasteiger partial charge in [0.25, 0.3) is 0 Å². The summed E-state index contributed by atoms with van der Waals surface area (Å²) in [4.78, 5) is 2.35. The van der Waals surface area contributed by atoms with Crippen LogP contribution in [0, 0.1) is 0 Å². The van der Waals surface area contributed by atoms with Crippen LogP contribution < -0.4 is 4.90 Å². The Morgan fingerprint density at radius 2 is 0.700 bits per heavy atom. The number of benzene rings is 10. The van der Waals surface area contributed by atoms with Crippen LogP contribution in [0.4, 0.5) is 17.1 Å². The first-order chi connectivity index (χ1) is 29.7. The first kappa shape index (κ1) is 35.2. The summed E-state index contributed by atoms with van der Waals surface area (Å²) in [5, 5.41) is 5.10. The van der Waals surface area contributed by atoms with Gasteiger partial charge in [0.05, 0.1) is 11.0 Å². The lowest BCUT2D eigenvalue weighted by atomic mass is 9.98. The Balaban J connectivity index is 0.960. The lowest BCUT2D eigenvalue weighted by Crippen LogP contribution is -2.09. The molecule has 2 heteroatoms. The molecular weight excluding hydrogens is 725 g/mol. The molecule has 0 N–H and O–H groups in total. The van der Waals surface area contributed by atoms with Gasteiger partial charge in [-0.15, -0.1) is 0 Å². The van der Waals surface area contributed by atoms with Crippen LogP contribution in [0.15, 0.2) is 243 Å². The highest BCUT2D eigenvalue weighted by Crippen LogP contribution is 2.40. The normalized spacial score (nSPS) is 11.3. The minimum Gasteiger partial charge on any atom is -0.311 e. The third-order valence-electron chi connectivity index (χ3n) is 11.8. The molecule has 0 aliphatic carbocycles. The Morgan fingerprint density at radius 1 is 0.267 bits per heavy atom. The second kappa shape index (κ2) is 15.1. The maximum absolute atomic E-state index is 2.41. The van der Waals surface area contributed by atoms with Gasteiger partial charge in [-0.25, -0.2) is 0 Å². The van der Waals surface area contributed by atoms with Crippen molar-refractivity contribution in [2.75, 3.05) is 4.90 Å². The number of hydrogen-bond donors (Lipinski definition) is 0. The molecule has 0 unspecified atom stereocenters. The topological polar surface area (TPSA) is 8.17 Å². The predicted molar refractivity (Wildman–Crippen MR) is 255 cm³/mol. The molecule has 0 fully saturated rings. The molecule has 0 aliphatic rings. The van der Waals surface area contributed by atoms with E-state index in [2.05, 4.69) is 252 Å². The van der Waals surface area contributed by atoms with Crippen LogP contribution in [-0.4, -0.2) is 4.57 Å². The molecule has 0 amide bonds. The van der Waals surface area contributed by atoms with E-state index in [4.69, 9.17) is 0 Å². The van der Waals surface area contributed by atoms with Gasteiger partial charge >= 0.3 is 0 Å². The van der Waals surface area contributed by atoms with Crippen molar-refractivity contribution in [3.05, 3.63) is 243 Å². The van der Waals surface area contributed by atoms with Gasteiger partial charge in [0, 0.05) is 33.5 Å². The Morgan fingerprint density at radius 3 is 1.30 bits per heavy atom. The van der Waals surface area contributed by atoms with Gasteiger partial charge < -0.3 is 9.47 Å². The maximum Gasteiger partial charge on any atom is 0.0547 e. The zero-order valence-corrected chi connectivity index (χ0v) is 33.0. The number of para-hydroxylation sites is 1. The fourth-order valence-corrected chi connectivity index (χ4v) is 8.84. The molecule has 10 aromatic carbocycles. The van der Waals surface area contributed by atoms with Crippen LogP contribution >= 0.6 is 0 Å². The molecule has 0 spiro atoms. The van der Waals surface area contributed by atoms with Crippen LogP contribution in [0.2, 0.25) is 0 Å². The van der Waals surface area contributed by atoms with Gasteiger partial charge in [-0.05, 0) is 122 Å². The zero-order chi connectivity index (χ0) is 39.8. The van der Waals surface area contributed by atoms with Crippen LogP contribution in [0.25, 0.3) is 82.8 Å². The van der Waals surface area contributed by atoms with Gasteiger partial charge in [-0.3, -0.25) is 0 Å². The van der Waals surface area contributed by atoms with Crippen molar-refractivity contribution in [2.45, 2.75) is 0 Å². The van der Waals surface area contributed by atoms with Crippen LogP contribution in [0.5, 0.6) is 0 Å². The Hall–Kier alpha value is -7.94. The summed E-state index contributed by atoms with van der Waals surface area (Å²) in [6.45, 7) is 0. The second-order valence-electron chi connectivity index (χ2n) is 15.4. The van der Waals surface area contributed by atoms with Crippen molar-refractivity contribution >= 4 is 49.6 Å². The molecular formula is C58H40N2. The fourth-order valence-electron chi connectivity index (χ4n) is 8.84. The van der Waals surface area contributed by atoms with E-state index in [-0.39, 0.29) is 0 Å². The zero-order valence-electron chi connectivity index (χ0n) is 33.0. The molecule has 0 saturated heterocycles. The summed E-state index contributed by atoms with van der Waals surface area (Å²) in [5.41, 5.74) is 16.4. The smallest absolute Gasteiger partial charge is 0.0547 e. The van der Waals surface area contributed by atoms with E-state index in [0.717, 1.165) is 22.7 Å². The van der Waals surface area contributed by atoms with E-state index in [0.29, 0.717) is 0 Å². The Labute approximate surface area is 350 Å². The van der Waals surface area contributed by atoms with Crippen LogP contribution in [0.3, 0.4) is 0 Å². The molecule has 0 atom stereocenters. The Bertz CT molecular complexity index is 3270. The first-order valence-electron chi connectivity index (χ1n) is 20.6. The summed E-state index contributed by atoms with van der Waals surface area (Å²) in [6.07, 6.45) is 0. The van der Waals surface area contributed by atoms with Gasteiger partial charge in [0.1, 0.15) is 0 Å². The number of fused-ring (bicyclic) bond motifs is 5. The number of aromatic nitrogens is 1. The minimum atomic E-state index is 1.09. The van der Waals surface area contributed by atoms with Crippen molar-refractivity contribution in [3.8, 4) is 50.2 Å². The first-order valence-corrected chi connectivity index (χ1v) is 20.6. The molecule has 2 nitrogen and oxygen atoms in total. The van der Waals surface area contributed by atoms with Gasteiger partial charge in [-0.2, -0.15) is 0 Å². The van der Waals surface area contributed by atoms with E-state index in [9.17, 15) is 0 Å². The largest absolute Gasteiger partial charge is 0.311 e. The number of hydrogen-bond acceptors (Lipinski definition) is 1. The lowest BCUT2D eigenvalue weighted by molar-refractivity contribution is 1.18. The van der Waals surface area contributed by atoms with Crippen molar-refractivity contribution < 1.29 is 0 Å². The highest BCUT2D eigenvalue weighted by molar-refractivity contribution is 6.21. The van der Waals surface area contributed by atoms with E-state index < -0.39 is 0 Å². The molecule has 0 bridgehead atoms. The second-order valence-corrected chi connectivity index (χ2v) is 15.4. The van der Waals surface area contributed by atoms with Crippen LogP contribution in [-0.2, 0) is 0 Å². The average molecular weight is 765 g/mol. The van der Waals surface area contributed by atoms with E-state index in [1.807, 2.05) is 0 Å². The number of rotatable bonds is 8. The highest BCUT2D eigenvalue weighted by Gasteiger charge is 2.17. The highest BCUT2D eigenvalue weighted by atomic mass is 15.1. The summed E-state index contributed by atoms with van der Waals surface area (Å²) in [6, 6.07) is 87.7. The summed E-state index contributed by atoms with van der Waals surface area (Å²) in [5.74, 6) is 0. The lowest BCUT2D eigenvalue weighted by Gasteiger charge is -2.26. The molecule has 1 aromatic heterocycles. The average Bonchev–Trinajstić information content (AvgIpc) is 3.68. The number of anilines is 3. The Kier molecular flexibility index (Phi) is 8.87. The maximum atomic E-state index is 2.41. The predicted octanol–water partition coefficient (Wildman–Crippen LogP) is 16.1. The quantitative estimate of drug-likeness (QED) is 0.150. The van der Waals surface area contributed by atoms with Crippen molar-refractivity contribution in [3.63, 3.8) is 0 Å². The van der Waals surface area contributed by atoms with Crippen molar-refractivity contribution in [1.82, 2.24) is 4.57 Å². The van der Waals surface area contributed by atoms with Gasteiger partial charge in [-0.1, -0.05) is 176 Å². The van der Waals surface area contributed by atoms with Crippen LogP contribution in [0.1, 0.15) is 0 Å². The molecule has 0 aliphatic heterocycles. The minimum absolute atomic E-state index is 1.09. The van der Waals surface area contributed by atoms with Gasteiger partial charge in [0.15, 0.2) is 0 Å². The third kappa shape index (κ3) is 6.41. The molecule has 0 saturated carbocycles. The molecule has 11 aromatic rings. The van der Waals surface area contributed by atoms with Crippen molar-refractivity contribution in [2.24, 2.45) is 0 Å². The molecule has 1 heterocycles. The monoisotopic (exact) mass is 764 g/mol. The van der Waals surface area contributed by atoms with E-state index in [1.54, 1.807) is 0 Å². The summed E-state index contributed by atoms with van der Waals surface area (Å²) in [7, 11) is 0. The molecule has 11 rings (SSSR count). The van der Waals surface area contributed by atoms with Crippen molar-refractivity contribution in [1.29, 1.82) is 0 Å². The van der Waals surface area contributed by atoms with Gasteiger partial charge in [0.2, 0.25) is 0 Å². The summed E-state index contributed by atoms with van der Waals surface area (Å²) < 4.78 is 2.41. The standard InChI is InChI=1S/C58H40N2/c1-3-13-41(14-4-1)43-25-32-50(33-26-43)59(51-34-27-44(28-35-51)48-19-11-18-47(39-48)42-15-5-2-6-16-42)52-36-29-45(30-37-52)49-20-12-21-53(40-49)60-56-24-10-9-23-55(56)58-54-22-8-7-17-46(54)31-38-57(58)60/h1-40H. The molecule has 60 heavy (non-hydrogen) atoms. The molecule has 0 radical (unpaired) electrons. The SMILES string of the molecule is c1ccc(-c2ccc(N(c3ccc(-c4cccc(-c5ccccc5)c4)cc3)c3ccc(-c4cccc(-n5c6ccccc6c6c7ccccc7ccc65)c4)cc3)cc2)cc1. The number of nitrogens with zero attached hydrogens (tertiary/aromatic N) is 2. The van der Waals surface area contributed by atoms with E-state index in [1.165, 1.54) is 77.1 Å². The molecule has 282 valence electrons. The fraction of sp³-hybridized carbons (Fsp3) is 0. The van der Waals surface area contributed by atoms with E-state index >= 15 is 0 Å².